The van der Waals surface area contributed by atoms with Gasteiger partial charge in [-0.3, -0.25) is 0 Å². The average Bonchev–Trinajstić information content (AvgIpc) is 2.84. The van der Waals surface area contributed by atoms with Gasteiger partial charge in [0.1, 0.15) is 0 Å². The smallest absolute Gasteiger partial charge is 0.216 e. The molecule has 5 heteroatoms. The quantitative estimate of drug-likeness (QED) is 0.826. The summed E-state index contributed by atoms with van der Waals surface area (Å²) in [5, 5.41) is 3.21. The zero-order chi connectivity index (χ0) is 12.3. The van der Waals surface area contributed by atoms with Crippen molar-refractivity contribution in [2.45, 2.75) is 43.8 Å². The average molecular weight is 260 g/mol. The first-order chi connectivity index (χ1) is 8.10. The molecule has 1 saturated carbocycles. The SMILES string of the molecule is CN(CC1CCNCC1)S(=O)(=O)C1CCCC1. The fraction of sp³-hybridized carbons (Fsp3) is 1.00. The van der Waals surface area contributed by atoms with E-state index >= 15 is 0 Å². The van der Waals surface area contributed by atoms with E-state index in [1.807, 2.05) is 0 Å². The maximum absolute atomic E-state index is 12.3. The molecule has 0 radical (unpaired) electrons. The minimum atomic E-state index is -3.03. The Balaban J connectivity index is 1.91. The van der Waals surface area contributed by atoms with E-state index in [-0.39, 0.29) is 5.25 Å². The number of rotatable bonds is 4. The molecular formula is C12H24N2O2S. The van der Waals surface area contributed by atoms with Crippen LogP contribution in [0.25, 0.3) is 0 Å². The Labute approximate surface area is 105 Å². The summed E-state index contributed by atoms with van der Waals surface area (Å²) in [5.41, 5.74) is 0. The van der Waals surface area contributed by atoms with Crippen LogP contribution in [0.4, 0.5) is 0 Å². The maximum Gasteiger partial charge on any atom is 0.216 e. The van der Waals surface area contributed by atoms with Crippen molar-refractivity contribution < 1.29 is 8.42 Å². The minimum Gasteiger partial charge on any atom is -0.317 e. The molecule has 0 aromatic heterocycles. The molecule has 1 aliphatic heterocycles. The fourth-order valence-corrected chi connectivity index (χ4v) is 4.83. The Kier molecular flexibility index (Phi) is 4.44. The van der Waals surface area contributed by atoms with Crippen molar-refractivity contribution in [3.05, 3.63) is 0 Å². The molecule has 4 nitrogen and oxygen atoms in total. The van der Waals surface area contributed by atoms with Crippen LogP contribution in [0.1, 0.15) is 38.5 Å². The van der Waals surface area contributed by atoms with Gasteiger partial charge < -0.3 is 5.32 Å². The van der Waals surface area contributed by atoms with E-state index in [2.05, 4.69) is 5.32 Å². The molecule has 0 amide bonds. The van der Waals surface area contributed by atoms with Crippen LogP contribution in [0.3, 0.4) is 0 Å². The van der Waals surface area contributed by atoms with Crippen molar-refractivity contribution in [3.8, 4) is 0 Å². The summed E-state index contributed by atoms with van der Waals surface area (Å²) in [6.45, 7) is 2.77. The molecule has 1 aliphatic carbocycles. The van der Waals surface area contributed by atoms with Crippen LogP contribution in [0.5, 0.6) is 0 Å². The van der Waals surface area contributed by atoms with Gasteiger partial charge in [0, 0.05) is 13.6 Å². The van der Waals surface area contributed by atoms with Crippen molar-refractivity contribution in [3.63, 3.8) is 0 Å². The van der Waals surface area contributed by atoms with Crippen LogP contribution in [0, 0.1) is 5.92 Å². The van der Waals surface area contributed by atoms with Gasteiger partial charge >= 0.3 is 0 Å². The maximum atomic E-state index is 12.3. The highest BCUT2D eigenvalue weighted by Gasteiger charge is 2.33. The van der Waals surface area contributed by atoms with Gasteiger partial charge in [0.15, 0.2) is 0 Å². The van der Waals surface area contributed by atoms with Gasteiger partial charge in [0.05, 0.1) is 5.25 Å². The second kappa shape index (κ2) is 5.67. The lowest BCUT2D eigenvalue weighted by Crippen LogP contribution is -2.40. The van der Waals surface area contributed by atoms with E-state index in [4.69, 9.17) is 0 Å². The molecule has 1 heterocycles. The first-order valence-corrected chi connectivity index (χ1v) is 8.27. The van der Waals surface area contributed by atoms with Gasteiger partial charge in [-0.25, -0.2) is 12.7 Å². The van der Waals surface area contributed by atoms with E-state index in [0.717, 1.165) is 51.6 Å². The summed E-state index contributed by atoms with van der Waals surface area (Å²) >= 11 is 0. The molecule has 1 saturated heterocycles. The van der Waals surface area contributed by atoms with Crippen LogP contribution in [0.15, 0.2) is 0 Å². The molecule has 1 N–H and O–H groups in total. The number of piperidine rings is 1. The molecule has 2 aliphatic rings. The molecule has 17 heavy (non-hydrogen) atoms. The van der Waals surface area contributed by atoms with Gasteiger partial charge in [-0.05, 0) is 44.7 Å². The first-order valence-electron chi connectivity index (χ1n) is 6.76. The van der Waals surface area contributed by atoms with E-state index in [1.54, 1.807) is 11.4 Å². The summed E-state index contributed by atoms with van der Waals surface area (Å²) in [6, 6.07) is 0. The van der Waals surface area contributed by atoms with Crippen molar-refractivity contribution in [2.75, 3.05) is 26.7 Å². The third kappa shape index (κ3) is 3.20. The zero-order valence-corrected chi connectivity index (χ0v) is 11.5. The summed E-state index contributed by atoms with van der Waals surface area (Å²) in [7, 11) is -1.27. The highest BCUT2D eigenvalue weighted by atomic mass is 32.2. The summed E-state index contributed by atoms with van der Waals surface area (Å²) in [5.74, 6) is 0.539. The summed E-state index contributed by atoms with van der Waals surface area (Å²) < 4.78 is 26.3. The topological polar surface area (TPSA) is 49.4 Å². The van der Waals surface area contributed by atoms with Crippen LogP contribution in [-0.4, -0.2) is 44.7 Å². The van der Waals surface area contributed by atoms with Gasteiger partial charge in [0.25, 0.3) is 0 Å². The Bertz CT molecular complexity index is 330. The van der Waals surface area contributed by atoms with Gasteiger partial charge in [-0.2, -0.15) is 0 Å². The second-order valence-electron chi connectivity index (χ2n) is 5.43. The van der Waals surface area contributed by atoms with Crippen molar-refractivity contribution in [1.82, 2.24) is 9.62 Å². The number of nitrogens with one attached hydrogen (secondary N) is 1. The lowest BCUT2D eigenvalue weighted by molar-refractivity contribution is 0.309. The Morgan fingerprint density at radius 1 is 1.12 bits per heavy atom. The van der Waals surface area contributed by atoms with Crippen LogP contribution < -0.4 is 5.32 Å². The number of hydrogen-bond acceptors (Lipinski definition) is 3. The molecule has 0 atom stereocenters. The van der Waals surface area contributed by atoms with Crippen molar-refractivity contribution in [1.29, 1.82) is 0 Å². The molecule has 0 spiro atoms. The summed E-state index contributed by atoms with van der Waals surface area (Å²) in [4.78, 5) is 0. The molecule has 0 unspecified atom stereocenters. The monoisotopic (exact) mass is 260 g/mol. The van der Waals surface area contributed by atoms with E-state index in [1.165, 1.54) is 0 Å². The highest BCUT2D eigenvalue weighted by Crippen LogP contribution is 2.27. The van der Waals surface area contributed by atoms with Crippen LogP contribution in [0.2, 0.25) is 0 Å². The van der Waals surface area contributed by atoms with E-state index in [9.17, 15) is 8.42 Å². The molecular weight excluding hydrogens is 236 g/mol. The van der Waals surface area contributed by atoms with Crippen molar-refractivity contribution >= 4 is 10.0 Å². The molecule has 0 aromatic rings. The van der Waals surface area contributed by atoms with Crippen molar-refractivity contribution in [2.24, 2.45) is 5.92 Å². The minimum absolute atomic E-state index is 0.103. The first kappa shape index (κ1) is 13.3. The second-order valence-corrected chi connectivity index (χ2v) is 7.75. The van der Waals surface area contributed by atoms with E-state index in [0.29, 0.717) is 12.5 Å². The summed E-state index contributed by atoms with van der Waals surface area (Å²) in [6.07, 6.45) is 6.07. The normalized spacial score (nSPS) is 24.6. The third-order valence-corrected chi connectivity index (χ3v) is 6.46. The standard InChI is InChI=1S/C12H24N2O2S/c1-14(10-11-6-8-13-9-7-11)17(15,16)12-4-2-3-5-12/h11-13H,2-10H2,1H3. The third-order valence-electron chi connectivity index (χ3n) is 4.13. The van der Waals surface area contributed by atoms with E-state index < -0.39 is 10.0 Å². The Morgan fingerprint density at radius 2 is 1.71 bits per heavy atom. The Hall–Kier alpha value is -0.130. The van der Waals surface area contributed by atoms with Gasteiger partial charge in [-0.15, -0.1) is 0 Å². The molecule has 2 rings (SSSR count). The zero-order valence-electron chi connectivity index (χ0n) is 10.7. The highest BCUT2D eigenvalue weighted by molar-refractivity contribution is 7.89. The van der Waals surface area contributed by atoms with Gasteiger partial charge in [-0.1, -0.05) is 12.8 Å². The number of hydrogen-bond donors (Lipinski definition) is 1. The number of sulfonamides is 1. The number of nitrogens with zero attached hydrogens (tertiary/aromatic N) is 1. The molecule has 0 aromatic carbocycles. The molecule has 2 fully saturated rings. The fourth-order valence-electron chi connectivity index (χ4n) is 2.97. The Morgan fingerprint density at radius 3 is 2.29 bits per heavy atom. The molecule has 100 valence electrons. The molecule has 0 bridgehead atoms. The lowest BCUT2D eigenvalue weighted by atomic mass is 9.98. The van der Waals surface area contributed by atoms with Crippen LogP contribution >= 0.6 is 0 Å². The van der Waals surface area contributed by atoms with Gasteiger partial charge in [0.2, 0.25) is 10.0 Å². The van der Waals surface area contributed by atoms with Crippen LogP contribution in [-0.2, 0) is 10.0 Å². The largest absolute Gasteiger partial charge is 0.317 e. The predicted molar refractivity (Wildman–Crippen MR) is 69.4 cm³/mol. The predicted octanol–water partition coefficient (Wildman–Crippen LogP) is 1.19. The lowest BCUT2D eigenvalue weighted by Gasteiger charge is -2.28.